The lowest BCUT2D eigenvalue weighted by Gasteiger charge is -2.47. The molecule has 8 heterocycles. The second-order valence-corrected chi connectivity index (χ2v) is 27.7. The lowest BCUT2D eigenvalue weighted by atomic mass is 9.74. The van der Waals surface area contributed by atoms with Gasteiger partial charge in [-0.1, -0.05) is 98.7 Å². The number of nitrogens with zero attached hydrogens (tertiary/aromatic N) is 4. The first-order valence-corrected chi connectivity index (χ1v) is 32.0. The lowest BCUT2D eigenvalue weighted by Crippen LogP contribution is -2.61. The van der Waals surface area contributed by atoms with Crippen LogP contribution in [0, 0.1) is 53.3 Å². The Bertz CT molecular complexity index is 3630. The zero-order chi connectivity index (χ0) is 60.6. The molecule has 0 aliphatic carbocycles. The van der Waals surface area contributed by atoms with Crippen LogP contribution in [0.25, 0.3) is 21.5 Å². The normalized spacial score (nSPS) is 26.3. The predicted octanol–water partition coefficient (Wildman–Crippen LogP) is 8.73. The number of carbonyl (C=O) groups excluding carboxylic acids is 4. The molecule has 448 valence electrons. The molecule has 18 nitrogen and oxygen atoms in total. The Morgan fingerprint density at radius 3 is 1.52 bits per heavy atom. The third-order valence-electron chi connectivity index (χ3n) is 18.8. The van der Waals surface area contributed by atoms with Crippen LogP contribution in [0.2, 0.25) is 0 Å². The number of fused-ring (bicyclic) bond motifs is 3. The third-order valence-corrected chi connectivity index (χ3v) is 22.0. The Morgan fingerprint density at radius 1 is 0.590 bits per heavy atom. The maximum Gasteiger partial charge on any atom is 0.508 e. The Labute approximate surface area is 488 Å². The van der Waals surface area contributed by atoms with Crippen LogP contribution < -0.4 is 9.03 Å². The molecule has 4 aromatic rings. The molecule has 3 fully saturated rings. The number of hydrogen-bond donors (Lipinski definition) is 4. The summed E-state index contributed by atoms with van der Waals surface area (Å²) in [5.41, 5.74) is 9.12. The Morgan fingerprint density at radius 2 is 1.04 bits per heavy atom. The number of anilines is 2. The van der Waals surface area contributed by atoms with E-state index in [1.165, 1.54) is 4.31 Å². The van der Waals surface area contributed by atoms with Crippen molar-refractivity contribution in [1.82, 2.24) is 14.7 Å². The van der Waals surface area contributed by atoms with Crippen molar-refractivity contribution in [3.63, 3.8) is 0 Å². The Balaban J connectivity index is 0.000000139. The number of ether oxygens (including phenoxy) is 2. The predicted molar refractivity (Wildman–Crippen MR) is 317 cm³/mol. The summed E-state index contributed by atoms with van der Waals surface area (Å²) in [6.07, 6.45) is 0.359. The van der Waals surface area contributed by atoms with Gasteiger partial charge in [-0.15, -0.1) is 0 Å². The van der Waals surface area contributed by atoms with E-state index in [4.69, 9.17) is 14.6 Å². The van der Waals surface area contributed by atoms with E-state index in [0.29, 0.717) is 64.4 Å². The van der Waals surface area contributed by atoms with Crippen LogP contribution in [0.3, 0.4) is 0 Å². The van der Waals surface area contributed by atoms with Crippen LogP contribution in [0.15, 0.2) is 104 Å². The molecule has 0 aromatic heterocycles. The summed E-state index contributed by atoms with van der Waals surface area (Å²) in [7, 11) is -7.09. The molecule has 4 aromatic carbocycles. The summed E-state index contributed by atoms with van der Waals surface area (Å²) >= 11 is 0. The topological polar surface area (TPSA) is 241 Å². The number of rotatable bonds is 13. The minimum atomic E-state index is -3.69. The van der Waals surface area contributed by atoms with E-state index in [2.05, 4.69) is 67.0 Å². The van der Waals surface area contributed by atoms with Gasteiger partial charge in [0.1, 0.15) is 6.61 Å². The van der Waals surface area contributed by atoms with Gasteiger partial charge in [0.05, 0.1) is 76.8 Å². The van der Waals surface area contributed by atoms with E-state index in [1.54, 1.807) is 37.3 Å². The number of β-lactam (4-membered cyclic amide) rings is 3. The zero-order valence-corrected chi connectivity index (χ0v) is 51.5. The van der Waals surface area contributed by atoms with Crippen molar-refractivity contribution in [2.45, 2.75) is 131 Å². The molecule has 8 aliphatic rings. The number of hydrogen-bond acceptors (Lipinski definition) is 13. The van der Waals surface area contributed by atoms with Gasteiger partial charge in [-0.2, -0.15) is 0 Å². The molecule has 4 N–H and O–H groups in total. The van der Waals surface area contributed by atoms with Gasteiger partial charge >= 0.3 is 6.16 Å². The zero-order valence-electron chi connectivity index (χ0n) is 49.9. The van der Waals surface area contributed by atoms with Gasteiger partial charge in [0.15, 0.2) is 0 Å². The minimum Gasteiger partial charge on any atom is -0.435 e. The highest BCUT2D eigenvalue weighted by molar-refractivity contribution is 7.93. The number of sulfonamides is 2. The fourth-order valence-electron chi connectivity index (χ4n) is 14.6. The number of aliphatic hydroxyl groups is 3. The maximum atomic E-state index is 13.5. The molecule has 3 amide bonds. The van der Waals surface area contributed by atoms with E-state index in [1.807, 2.05) is 65.8 Å². The third kappa shape index (κ3) is 10.0. The molecule has 0 unspecified atom stereocenters. The number of nitrogens with one attached hydrogen (secondary N) is 1. The highest BCUT2D eigenvalue weighted by Gasteiger charge is 2.59. The molecular formula is C63H81N5O13S2. The fourth-order valence-corrected chi connectivity index (χ4v) is 17.5. The van der Waals surface area contributed by atoms with Crippen LogP contribution in [-0.4, -0.2) is 128 Å². The van der Waals surface area contributed by atoms with E-state index in [0.717, 1.165) is 66.5 Å². The molecule has 0 bridgehead atoms. The molecule has 83 heavy (non-hydrogen) atoms. The Kier molecular flexibility index (Phi) is 17.2. The van der Waals surface area contributed by atoms with Crippen molar-refractivity contribution in [1.29, 1.82) is 0 Å². The standard InChI is InChI=1S/C24H28N2O4S.C15H23NO4.C12H11NO3S.C12H19NO2/c1-13(2)21-23-14(3)18(15(4)26(23)24(21)28)12-25-19-7-5-6-17-16(10-11-27)8-9-20(22(17)19)31(25,29)30;1-6-19-15(18)20-7-11-9(4)13-12(8(2)3)14(17)16(13)10(11)5;14-7-6-8-4-5-11-12-9(8)2-1-3-10(12)13-17(11,15)16;1-6(2)10-11-7(3)9(5-14)8(4)13(11)12(10)15/h5-9,13-14,21,23,27H,10-12H2,1-4H3;8-9,12-13H,6-7H2,1-5H3;1-5,13-14H,6-7H2;6-7,10-11,14H,5H2,1-4H3/t14-,21+,23+;9-,12+,13+;;7-,10+,11+/m00.0/s1. The molecule has 0 saturated carbocycles. The van der Waals surface area contributed by atoms with Gasteiger partial charge in [-0.05, 0) is 121 Å². The first-order chi connectivity index (χ1) is 39.2. The second-order valence-electron chi connectivity index (χ2n) is 24.2. The van der Waals surface area contributed by atoms with Gasteiger partial charge in [-0.25, -0.2) is 21.6 Å². The van der Waals surface area contributed by atoms with Crippen LogP contribution in [0.4, 0.5) is 16.2 Å². The van der Waals surface area contributed by atoms with Crippen LogP contribution >= 0.6 is 0 Å². The summed E-state index contributed by atoms with van der Waals surface area (Å²) in [6.45, 7) is 27.3. The van der Waals surface area contributed by atoms with E-state index >= 15 is 0 Å². The largest absolute Gasteiger partial charge is 0.508 e. The highest BCUT2D eigenvalue weighted by Crippen LogP contribution is 2.52. The average Bonchev–Trinajstić information content (AvgIpc) is 1.83. The van der Waals surface area contributed by atoms with Crippen molar-refractivity contribution >= 4 is 76.8 Å². The molecule has 20 heteroatoms. The first kappa shape index (κ1) is 61.2. The molecule has 9 atom stereocenters. The molecular weight excluding hydrogens is 1100 g/mol. The smallest absolute Gasteiger partial charge is 0.435 e. The van der Waals surface area contributed by atoms with Crippen LogP contribution in [0.1, 0.15) is 101 Å². The number of benzene rings is 4. The molecule has 0 spiro atoms. The molecule has 3 saturated heterocycles. The SMILES string of the molecule is CC1=C(CN2c3cccc4c(CCO)ccc(c34)S2(=O)=O)[C@H](C)[C@@H]2[C@@H](C(C)C)C(=O)N12.CC1=C(CO)[C@H](C)[C@@H]2[C@@H](C(C)C)C(=O)N12.CCOC(=O)OCC1=C(C)N2C(=O)[C@H](C(C)C)[C@H]2[C@H]1C.O=S1(=O)Nc2cccc3c(CCO)ccc1c23. The molecule has 12 rings (SSSR count). The van der Waals surface area contributed by atoms with Gasteiger partial charge in [-0.3, -0.25) is 23.4 Å². The van der Waals surface area contributed by atoms with Gasteiger partial charge in [0.2, 0.25) is 17.7 Å². The van der Waals surface area contributed by atoms with E-state index < -0.39 is 26.2 Å². The second kappa shape index (κ2) is 23.3. The highest BCUT2D eigenvalue weighted by atomic mass is 32.2. The number of aliphatic hydroxyl groups excluding tert-OH is 3. The van der Waals surface area contributed by atoms with Crippen molar-refractivity contribution in [2.24, 2.45) is 53.3 Å². The van der Waals surface area contributed by atoms with Crippen molar-refractivity contribution in [3.05, 3.63) is 106 Å². The number of carbonyl (C=O) groups is 4. The quantitative estimate of drug-likeness (QED) is 0.0724. The average molecular weight is 1180 g/mol. The first-order valence-electron chi connectivity index (χ1n) is 29.1. The molecule has 8 aliphatic heterocycles. The summed E-state index contributed by atoms with van der Waals surface area (Å²) in [4.78, 5) is 54.4. The minimum absolute atomic E-state index is 0.000644. The van der Waals surface area contributed by atoms with Crippen molar-refractivity contribution in [3.8, 4) is 0 Å². The Hall–Kier alpha value is -6.32. The van der Waals surface area contributed by atoms with Crippen LogP contribution in [0.5, 0.6) is 0 Å². The number of allylic oxidation sites excluding steroid dienone is 3. The number of amides is 3. The summed E-state index contributed by atoms with van der Waals surface area (Å²) < 4.78 is 64.6. The van der Waals surface area contributed by atoms with Gasteiger partial charge in [0.25, 0.3) is 20.0 Å². The van der Waals surface area contributed by atoms with Crippen molar-refractivity contribution in [2.75, 3.05) is 48.6 Å². The maximum absolute atomic E-state index is 13.5. The van der Waals surface area contributed by atoms with Crippen molar-refractivity contribution < 1.29 is 60.8 Å². The van der Waals surface area contributed by atoms with E-state index in [-0.39, 0.29) is 98.3 Å². The lowest BCUT2D eigenvalue weighted by molar-refractivity contribution is -0.156. The monoisotopic (exact) mass is 1180 g/mol. The van der Waals surface area contributed by atoms with E-state index in [9.17, 15) is 46.2 Å². The van der Waals surface area contributed by atoms with Crippen LogP contribution in [-0.2, 0) is 56.7 Å². The molecule has 0 radical (unpaired) electrons. The fraction of sp³-hybridized carbons (Fsp3) is 0.524. The summed E-state index contributed by atoms with van der Waals surface area (Å²) in [5.74, 6) is 2.49. The van der Waals surface area contributed by atoms with Gasteiger partial charge in [0, 0.05) is 58.8 Å². The summed E-state index contributed by atoms with van der Waals surface area (Å²) in [5, 5.41) is 30.9. The summed E-state index contributed by atoms with van der Waals surface area (Å²) in [6, 6.07) is 18.6. The van der Waals surface area contributed by atoms with Gasteiger partial charge < -0.3 is 39.5 Å².